The molecule has 3 heterocycles. The van der Waals surface area contributed by atoms with E-state index in [0.717, 1.165) is 17.5 Å². The van der Waals surface area contributed by atoms with Gasteiger partial charge in [0.15, 0.2) is 24.0 Å². The molecule has 2 aromatic carbocycles. The third-order valence-electron chi connectivity index (χ3n) is 6.63. The fourth-order valence-corrected chi connectivity index (χ4v) is 4.82. The molecule has 0 N–H and O–H groups in total. The van der Waals surface area contributed by atoms with E-state index in [2.05, 4.69) is 26.0 Å². The Balaban J connectivity index is 0.00000112. The Morgan fingerprint density at radius 2 is 1.56 bits per heavy atom. The Morgan fingerprint density at radius 3 is 2.21 bits per heavy atom. The van der Waals surface area contributed by atoms with E-state index in [4.69, 9.17) is 28.4 Å². The van der Waals surface area contributed by atoms with Crippen LogP contribution in [0.25, 0.3) is 0 Å². The second-order valence-corrected chi connectivity index (χ2v) is 10.6. The normalized spacial score (nSPS) is 29.5. The van der Waals surface area contributed by atoms with Gasteiger partial charge in [0.05, 0.1) is 25.4 Å². The van der Waals surface area contributed by atoms with Crippen LogP contribution in [0.4, 0.5) is 0 Å². The van der Waals surface area contributed by atoms with Gasteiger partial charge in [0, 0.05) is 13.0 Å². The number of rotatable bonds is 9. The molecule has 0 bridgehead atoms. The molecule has 2 aromatic rings. The maximum atomic E-state index is 13.2. The van der Waals surface area contributed by atoms with Crippen LogP contribution in [0.2, 0.25) is 0 Å². The Morgan fingerprint density at radius 1 is 0.949 bits per heavy atom. The van der Waals surface area contributed by atoms with Gasteiger partial charge in [-0.1, -0.05) is 87.0 Å². The molecule has 3 aliphatic heterocycles. The third kappa shape index (κ3) is 8.55. The molecular weight excluding hydrogens is 496 g/mol. The summed E-state index contributed by atoms with van der Waals surface area (Å²) in [5.41, 5.74) is 2.15. The molecule has 0 aromatic heterocycles. The third-order valence-corrected chi connectivity index (χ3v) is 6.63. The minimum atomic E-state index is -0.815. The monoisotopic (exact) mass is 538 g/mol. The number of fused-ring (bicyclic) bond motifs is 1. The van der Waals surface area contributed by atoms with Gasteiger partial charge in [-0.15, -0.1) is 0 Å². The first-order valence-electron chi connectivity index (χ1n) is 14.0. The van der Waals surface area contributed by atoms with E-state index in [9.17, 15) is 4.79 Å². The van der Waals surface area contributed by atoms with E-state index in [1.807, 2.05) is 62.4 Å². The van der Waals surface area contributed by atoms with Crippen molar-refractivity contribution >= 4 is 5.78 Å². The van der Waals surface area contributed by atoms with Crippen molar-refractivity contribution in [2.24, 2.45) is 0 Å². The number of benzene rings is 2. The molecule has 5 unspecified atom stereocenters. The molecule has 212 valence electrons. The molecule has 3 saturated heterocycles. The Bertz CT molecular complexity index is 1040. The number of ketones is 1. The predicted molar refractivity (Wildman–Crippen MR) is 148 cm³/mol. The van der Waals surface area contributed by atoms with Gasteiger partial charge in [-0.05, 0) is 37.5 Å². The van der Waals surface area contributed by atoms with Crippen molar-refractivity contribution in [3.8, 4) is 0 Å². The van der Waals surface area contributed by atoms with Crippen molar-refractivity contribution < 1.29 is 33.2 Å². The Kier molecular flexibility index (Phi) is 10.9. The van der Waals surface area contributed by atoms with E-state index in [1.165, 1.54) is 6.42 Å². The van der Waals surface area contributed by atoms with Crippen molar-refractivity contribution in [2.45, 2.75) is 103 Å². The van der Waals surface area contributed by atoms with E-state index in [1.54, 1.807) is 12.2 Å². The van der Waals surface area contributed by atoms with Gasteiger partial charge >= 0.3 is 0 Å². The highest BCUT2D eigenvalue weighted by atomic mass is 16.8. The number of ether oxygens (including phenoxy) is 6. The molecule has 0 spiro atoms. The topological polar surface area (TPSA) is 72.5 Å². The standard InChI is InChI=1S/C29H34O7.C3H8/c1-29(2)35-27-26(33-19-21-11-7-4-8-12-21)25(34-28(27)36-29)24(30)14-13-22-17-23(15-16-31-22)32-18-20-9-5-3-6-10-20;1-3-2/h3-14,22-23,25-28H,15-19H2,1-2H3;3H2,1-2H3/b14-13+;/t22-,23?,25?,26?,27?,28?;/m1./s1. The quantitative estimate of drug-likeness (QED) is 0.376. The summed E-state index contributed by atoms with van der Waals surface area (Å²) in [5.74, 6) is -0.985. The summed E-state index contributed by atoms with van der Waals surface area (Å²) in [6.07, 6.45) is 3.49. The zero-order valence-electron chi connectivity index (χ0n) is 23.5. The smallest absolute Gasteiger partial charge is 0.190 e. The average molecular weight is 539 g/mol. The number of carbonyl (C=O) groups is 1. The summed E-state index contributed by atoms with van der Waals surface area (Å²) >= 11 is 0. The highest BCUT2D eigenvalue weighted by Crippen LogP contribution is 2.39. The fraction of sp³-hybridized carbons (Fsp3) is 0.531. The van der Waals surface area contributed by atoms with Crippen molar-refractivity contribution in [1.82, 2.24) is 0 Å². The number of hydrogen-bond donors (Lipinski definition) is 0. The maximum Gasteiger partial charge on any atom is 0.190 e. The molecule has 7 nitrogen and oxygen atoms in total. The lowest BCUT2D eigenvalue weighted by Crippen LogP contribution is -2.40. The molecule has 39 heavy (non-hydrogen) atoms. The van der Waals surface area contributed by atoms with Crippen LogP contribution >= 0.6 is 0 Å². The minimum Gasteiger partial charge on any atom is -0.374 e. The van der Waals surface area contributed by atoms with Crippen LogP contribution in [0.3, 0.4) is 0 Å². The Hall–Kier alpha value is -2.39. The molecular formula is C32H42O7. The lowest BCUT2D eigenvalue weighted by Gasteiger charge is -2.28. The van der Waals surface area contributed by atoms with Gasteiger partial charge in [0.1, 0.15) is 12.2 Å². The van der Waals surface area contributed by atoms with Crippen LogP contribution in [-0.4, -0.2) is 55.0 Å². The summed E-state index contributed by atoms with van der Waals surface area (Å²) < 4.78 is 36.0. The van der Waals surface area contributed by atoms with Crippen LogP contribution in [0.1, 0.15) is 58.1 Å². The largest absolute Gasteiger partial charge is 0.374 e. The molecule has 5 rings (SSSR count). The molecule has 0 amide bonds. The molecule has 3 fully saturated rings. The molecule has 0 saturated carbocycles. The van der Waals surface area contributed by atoms with Gasteiger partial charge < -0.3 is 28.4 Å². The number of carbonyl (C=O) groups excluding carboxylic acids is 1. The first-order chi connectivity index (χ1) is 18.9. The molecule has 7 heteroatoms. The van der Waals surface area contributed by atoms with E-state index in [-0.39, 0.29) is 18.0 Å². The summed E-state index contributed by atoms with van der Waals surface area (Å²) in [5, 5.41) is 0. The van der Waals surface area contributed by atoms with Crippen LogP contribution in [-0.2, 0) is 46.4 Å². The van der Waals surface area contributed by atoms with Crippen molar-refractivity contribution in [2.75, 3.05) is 6.61 Å². The zero-order valence-corrected chi connectivity index (χ0v) is 23.5. The van der Waals surface area contributed by atoms with E-state index in [0.29, 0.717) is 26.2 Å². The predicted octanol–water partition coefficient (Wildman–Crippen LogP) is 5.75. The highest BCUT2D eigenvalue weighted by Gasteiger charge is 2.57. The van der Waals surface area contributed by atoms with Gasteiger partial charge in [0.2, 0.25) is 0 Å². The summed E-state index contributed by atoms with van der Waals surface area (Å²) in [6.45, 7) is 9.41. The van der Waals surface area contributed by atoms with Crippen molar-refractivity contribution in [1.29, 1.82) is 0 Å². The summed E-state index contributed by atoms with van der Waals surface area (Å²) in [6, 6.07) is 19.9. The Labute approximate surface area is 232 Å². The van der Waals surface area contributed by atoms with Crippen molar-refractivity contribution in [3.05, 3.63) is 83.9 Å². The zero-order chi connectivity index (χ0) is 27.7. The van der Waals surface area contributed by atoms with E-state index < -0.39 is 30.4 Å². The first kappa shape index (κ1) is 29.6. The lowest BCUT2D eigenvalue weighted by atomic mass is 10.0. The second kappa shape index (κ2) is 14.3. The van der Waals surface area contributed by atoms with E-state index >= 15 is 0 Å². The molecule has 3 aliphatic rings. The lowest BCUT2D eigenvalue weighted by molar-refractivity contribution is -0.217. The molecule has 6 atom stereocenters. The second-order valence-electron chi connectivity index (χ2n) is 10.6. The van der Waals surface area contributed by atoms with Crippen LogP contribution < -0.4 is 0 Å². The molecule has 0 aliphatic carbocycles. The first-order valence-corrected chi connectivity index (χ1v) is 14.0. The fourth-order valence-electron chi connectivity index (χ4n) is 4.82. The van der Waals surface area contributed by atoms with Crippen molar-refractivity contribution in [3.63, 3.8) is 0 Å². The van der Waals surface area contributed by atoms with Gasteiger partial charge in [0.25, 0.3) is 0 Å². The maximum absolute atomic E-state index is 13.2. The van der Waals surface area contributed by atoms with Gasteiger partial charge in [-0.2, -0.15) is 0 Å². The minimum absolute atomic E-state index is 0.0804. The van der Waals surface area contributed by atoms with Gasteiger partial charge in [-0.3, -0.25) is 4.79 Å². The summed E-state index contributed by atoms with van der Waals surface area (Å²) in [4.78, 5) is 13.2. The van der Waals surface area contributed by atoms with Crippen LogP contribution in [0.5, 0.6) is 0 Å². The van der Waals surface area contributed by atoms with Crippen LogP contribution in [0, 0.1) is 0 Å². The van der Waals surface area contributed by atoms with Gasteiger partial charge in [-0.25, -0.2) is 0 Å². The average Bonchev–Trinajstić information content (AvgIpc) is 3.43. The summed E-state index contributed by atoms with van der Waals surface area (Å²) in [7, 11) is 0. The highest BCUT2D eigenvalue weighted by molar-refractivity contribution is 5.94. The molecule has 0 radical (unpaired) electrons. The van der Waals surface area contributed by atoms with Crippen LogP contribution in [0.15, 0.2) is 72.8 Å². The number of hydrogen-bond acceptors (Lipinski definition) is 7. The SMILES string of the molecule is CC1(C)OC2OC(C(=O)/C=C/[C@@H]3CC(OCc4ccccc4)CCO3)C(OCc3ccccc3)C2O1.CCC.